The zero-order valence-electron chi connectivity index (χ0n) is 21.4. The van der Waals surface area contributed by atoms with Gasteiger partial charge < -0.3 is 20.3 Å². The molecule has 8 nitrogen and oxygen atoms in total. The summed E-state index contributed by atoms with van der Waals surface area (Å²) in [5, 5.41) is 7.55. The molecule has 0 bridgehead atoms. The van der Waals surface area contributed by atoms with Gasteiger partial charge in [-0.25, -0.2) is 9.97 Å². The van der Waals surface area contributed by atoms with Crippen LogP contribution in [-0.2, 0) is 4.79 Å². The Kier molecular flexibility index (Phi) is 7.34. The van der Waals surface area contributed by atoms with Gasteiger partial charge in [0, 0.05) is 42.3 Å². The number of nitrogens with one attached hydrogen (secondary N) is 2. The number of fused-ring (bicyclic) bond motifs is 1. The molecule has 2 fully saturated rings. The maximum absolute atomic E-state index is 13.0. The first-order chi connectivity index (χ1) is 17.5. The first kappa shape index (κ1) is 24.5. The second-order valence-electron chi connectivity index (χ2n) is 10.1. The average Bonchev–Trinajstić information content (AvgIpc) is 2.86. The number of piperidine rings is 1. The van der Waals surface area contributed by atoms with E-state index >= 15 is 0 Å². The van der Waals surface area contributed by atoms with Gasteiger partial charge in [-0.1, -0.05) is 18.2 Å². The third kappa shape index (κ3) is 5.44. The van der Waals surface area contributed by atoms with Crippen LogP contribution in [0.4, 0.5) is 11.5 Å². The number of aromatic nitrogens is 2. The zero-order valence-corrected chi connectivity index (χ0v) is 21.4. The van der Waals surface area contributed by atoms with Crippen molar-refractivity contribution in [3.05, 3.63) is 54.4 Å². The highest BCUT2D eigenvalue weighted by Gasteiger charge is 2.32. The second kappa shape index (κ2) is 10.8. The number of hydrogen-bond donors (Lipinski definition) is 2. The first-order valence-electron chi connectivity index (χ1n) is 13.0. The van der Waals surface area contributed by atoms with E-state index in [1.165, 1.54) is 0 Å². The fourth-order valence-electron chi connectivity index (χ4n) is 5.48. The van der Waals surface area contributed by atoms with Crippen molar-refractivity contribution in [1.82, 2.24) is 20.2 Å². The van der Waals surface area contributed by atoms with Gasteiger partial charge in [-0.15, -0.1) is 0 Å². The van der Waals surface area contributed by atoms with Crippen molar-refractivity contribution < 1.29 is 9.53 Å². The number of carbonyl (C=O) groups is 1. The van der Waals surface area contributed by atoms with Crippen LogP contribution in [0.2, 0.25) is 0 Å². The fourth-order valence-corrected chi connectivity index (χ4v) is 5.48. The van der Waals surface area contributed by atoms with Crippen molar-refractivity contribution >= 4 is 28.3 Å². The molecule has 190 valence electrons. The van der Waals surface area contributed by atoms with Gasteiger partial charge in [-0.2, -0.15) is 0 Å². The van der Waals surface area contributed by atoms with Crippen LogP contribution in [0.1, 0.15) is 32.3 Å². The minimum absolute atomic E-state index is 0.00236. The van der Waals surface area contributed by atoms with Crippen molar-refractivity contribution in [3.63, 3.8) is 0 Å². The molecule has 5 rings (SSSR count). The van der Waals surface area contributed by atoms with Crippen LogP contribution in [0.25, 0.3) is 10.9 Å². The molecule has 1 amide bonds. The quantitative estimate of drug-likeness (QED) is 0.549. The number of hydrogen-bond acceptors (Lipinski definition) is 7. The smallest absolute Gasteiger partial charge is 0.238 e. The first-order valence-corrected chi connectivity index (χ1v) is 13.0. The zero-order chi connectivity index (χ0) is 25.1. The lowest BCUT2D eigenvalue weighted by atomic mass is 10.1. The summed E-state index contributed by atoms with van der Waals surface area (Å²) in [7, 11) is 0. The summed E-state index contributed by atoms with van der Waals surface area (Å²) >= 11 is 0. The highest BCUT2D eigenvalue weighted by atomic mass is 16.5. The van der Waals surface area contributed by atoms with E-state index in [2.05, 4.69) is 50.3 Å². The third-order valence-corrected chi connectivity index (χ3v) is 7.20. The number of benzene rings is 2. The van der Waals surface area contributed by atoms with Crippen LogP contribution in [0.15, 0.2) is 48.8 Å². The Morgan fingerprint density at radius 3 is 2.61 bits per heavy atom. The molecule has 2 atom stereocenters. The predicted molar refractivity (Wildman–Crippen MR) is 144 cm³/mol. The Balaban J connectivity index is 1.22. The molecule has 36 heavy (non-hydrogen) atoms. The Bertz CT molecular complexity index is 1190. The molecule has 2 aliphatic heterocycles. The number of aryl methyl sites for hydroxylation is 1. The minimum Gasteiger partial charge on any atom is -0.490 e. The van der Waals surface area contributed by atoms with Gasteiger partial charge >= 0.3 is 0 Å². The molecule has 2 aliphatic rings. The number of amides is 1. The van der Waals surface area contributed by atoms with Crippen molar-refractivity contribution in [2.45, 2.75) is 51.8 Å². The molecule has 0 aliphatic carbocycles. The molecule has 2 N–H and O–H groups in total. The predicted octanol–water partition coefficient (Wildman–Crippen LogP) is 3.61. The molecule has 0 radical (unpaired) electrons. The standard InChI is InChI=1S/C28H36N6O2/c1-19-8-9-23(36-22-10-12-29-13-11-22)14-26(19)32-27(35)17-33-15-20(2)34(21(3)16-33)28-24-6-4-5-7-25(24)30-18-31-28/h4-9,14,18,20-22,29H,10-13,15-17H2,1-3H3,(H,32,35). The van der Waals surface area contributed by atoms with Crippen LogP contribution in [0, 0.1) is 6.92 Å². The van der Waals surface area contributed by atoms with E-state index in [-0.39, 0.29) is 24.1 Å². The van der Waals surface area contributed by atoms with Crippen LogP contribution in [-0.4, -0.2) is 71.7 Å². The van der Waals surface area contributed by atoms with E-state index in [1.807, 2.05) is 43.3 Å². The van der Waals surface area contributed by atoms with E-state index < -0.39 is 0 Å². The van der Waals surface area contributed by atoms with Crippen molar-refractivity contribution in [3.8, 4) is 5.75 Å². The molecule has 2 saturated heterocycles. The van der Waals surface area contributed by atoms with Gasteiger partial charge in [-0.05, 0) is 70.5 Å². The van der Waals surface area contributed by atoms with Crippen molar-refractivity contribution in [2.75, 3.05) is 42.9 Å². The van der Waals surface area contributed by atoms with Crippen LogP contribution in [0.5, 0.6) is 5.75 Å². The number of nitrogens with zero attached hydrogens (tertiary/aromatic N) is 4. The SMILES string of the molecule is Cc1ccc(OC2CCNCC2)cc1NC(=O)CN1CC(C)N(c2ncnc3ccccc23)C(C)C1. The van der Waals surface area contributed by atoms with Gasteiger partial charge in [0.05, 0.1) is 12.1 Å². The molecule has 0 saturated carbocycles. The Hall–Kier alpha value is -3.23. The second-order valence-corrected chi connectivity index (χ2v) is 10.1. The van der Waals surface area contributed by atoms with E-state index in [0.717, 1.165) is 72.7 Å². The lowest BCUT2D eigenvalue weighted by Gasteiger charge is -2.45. The van der Waals surface area contributed by atoms with Gasteiger partial charge in [0.25, 0.3) is 0 Å². The topological polar surface area (TPSA) is 82.6 Å². The Labute approximate surface area is 213 Å². The number of anilines is 2. The number of carbonyl (C=O) groups excluding carboxylic acids is 1. The lowest BCUT2D eigenvalue weighted by Crippen LogP contribution is -2.58. The van der Waals surface area contributed by atoms with Crippen molar-refractivity contribution in [1.29, 1.82) is 0 Å². The number of ether oxygens (including phenoxy) is 1. The van der Waals surface area contributed by atoms with E-state index in [1.54, 1.807) is 6.33 Å². The number of para-hydroxylation sites is 1. The van der Waals surface area contributed by atoms with E-state index in [9.17, 15) is 4.79 Å². The Morgan fingerprint density at radius 2 is 1.83 bits per heavy atom. The largest absolute Gasteiger partial charge is 0.490 e. The normalized spacial score (nSPS) is 21.5. The summed E-state index contributed by atoms with van der Waals surface area (Å²) in [6.45, 7) is 10.3. The van der Waals surface area contributed by atoms with Crippen LogP contribution >= 0.6 is 0 Å². The summed E-state index contributed by atoms with van der Waals surface area (Å²) in [6, 6.07) is 14.5. The van der Waals surface area contributed by atoms with Crippen molar-refractivity contribution in [2.24, 2.45) is 0 Å². The molecular formula is C28H36N6O2. The van der Waals surface area contributed by atoms with E-state index in [0.29, 0.717) is 6.54 Å². The maximum Gasteiger partial charge on any atom is 0.238 e. The monoisotopic (exact) mass is 488 g/mol. The molecular weight excluding hydrogens is 452 g/mol. The molecule has 8 heteroatoms. The molecule has 3 heterocycles. The van der Waals surface area contributed by atoms with Gasteiger partial charge in [0.2, 0.25) is 5.91 Å². The number of rotatable bonds is 6. The highest BCUT2D eigenvalue weighted by molar-refractivity contribution is 5.93. The molecule has 0 spiro atoms. The summed E-state index contributed by atoms with van der Waals surface area (Å²) in [5.74, 6) is 1.78. The van der Waals surface area contributed by atoms with Crippen LogP contribution in [0.3, 0.4) is 0 Å². The van der Waals surface area contributed by atoms with Gasteiger partial charge in [0.1, 0.15) is 24.0 Å². The third-order valence-electron chi connectivity index (χ3n) is 7.20. The fraction of sp³-hybridized carbons (Fsp3) is 0.464. The van der Waals surface area contributed by atoms with E-state index in [4.69, 9.17) is 4.74 Å². The van der Waals surface area contributed by atoms with Gasteiger partial charge in [-0.3, -0.25) is 9.69 Å². The van der Waals surface area contributed by atoms with Gasteiger partial charge in [0.15, 0.2) is 0 Å². The summed E-state index contributed by atoms with van der Waals surface area (Å²) < 4.78 is 6.18. The Morgan fingerprint density at radius 1 is 1.08 bits per heavy atom. The minimum atomic E-state index is -0.00236. The molecule has 2 aromatic carbocycles. The molecule has 1 aromatic heterocycles. The summed E-state index contributed by atoms with van der Waals surface area (Å²) in [6.07, 6.45) is 3.87. The maximum atomic E-state index is 13.0. The molecule has 2 unspecified atom stereocenters. The summed E-state index contributed by atoms with van der Waals surface area (Å²) in [5.41, 5.74) is 2.80. The van der Waals surface area contributed by atoms with Crippen LogP contribution < -0.4 is 20.3 Å². The summed E-state index contributed by atoms with van der Waals surface area (Å²) in [4.78, 5) is 26.7. The average molecular weight is 489 g/mol. The lowest BCUT2D eigenvalue weighted by molar-refractivity contribution is -0.117. The number of piperazine rings is 1. The molecule has 3 aromatic rings. The highest BCUT2D eigenvalue weighted by Crippen LogP contribution is 2.29.